The Hall–Kier alpha value is -1.11. The number of hydrogen-bond acceptors (Lipinski definition) is 3. The molecule has 1 aliphatic heterocycles. The number of carboxylic acids is 1. The lowest BCUT2D eigenvalue weighted by atomic mass is 10.2. The maximum absolute atomic E-state index is 12.2. The monoisotopic (exact) mass is 334 g/mol. The Morgan fingerprint density at radius 3 is 2.80 bits per heavy atom. The highest BCUT2D eigenvalue weighted by Gasteiger charge is 2.35. The number of thioether (sulfide) groups is 1. The Bertz CT molecular complexity index is 568. The summed E-state index contributed by atoms with van der Waals surface area (Å²) in [6.45, 7) is 1.79. The van der Waals surface area contributed by atoms with Gasteiger partial charge in [-0.15, -0.1) is 11.8 Å². The van der Waals surface area contributed by atoms with Gasteiger partial charge in [-0.25, -0.2) is 9.59 Å². The molecule has 1 aromatic carbocycles. The molecule has 0 radical (unpaired) electrons. The summed E-state index contributed by atoms with van der Waals surface area (Å²) in [5.74, 6) is -0.325. The zero-order valence-corrected chi connectivity index (χ0v) is 12.8. The number of halogens is 2. The first-order valence-electron chi connectivity index (χ1n) is 5.74. The van der Waals surface area contributed by atoms with Gasteiger partial charge in [0, 0.05) is 5.75 Å². The third-order valence-electron chi connectivity index (χ3n) is 2.94. The molecule has 0 unspecified atom stereocenters. The molecule has 1 aromatic rings. The van der Waals surface area contributed by atoms with Crippen LogP contribution in [-0.2, 0) is 4.79 Å². The summed E-state index contributed by atoms with van der Waals surface area (Å²) in [6, 6.07) is 2.02. The average Bonchev–Trinajstić information content (AvgIpc) is 2.88. The van der Waals surface area contributed by atoms with Crippen molar-refractivity contribution in [1.29, 1.82) is 0 Å². The van der Waals surface area contributed by atoms with E-state index in [1.165, 1.54) is 16.7 Å². The number of aliphatic carboxylic acids is 1. The Kier molecular flexibility index (Phi) is 4.67. The fourth-order valence-electron chi connectivity index (χ4n) is 1.80. The topological polar surface area (TPSA) is 69.6 Å². The molecule has 2 amide bonds. The van der Waals surface area contributed by atoms with Crippen molar-refractivity contribution in [2.75, 3.05) is 16.9 Å². The minimum Gasteiger partial charge on any atom is -0.480 e. The van der Waals surface area contributed by atoms with Crippen LogP contribution in [0.3, 0.4) is 0 Å². The van der Waals surface area contributed by atoms with Crippen LogP contribution in [0.1, 0.15) is 5.56 Å². The number of benzene rings is 1. The summed E-state index contributed by atoms with van der Waals surface area (Å²) < 4.78 is 0. The van der Waals surface area contributed by atoms with Crippen LogP contribution in [0.5, 0.6) is 0 Å². The van der Waals surface area contributed by atoms with Crippen molar-refractivity contribution in [3.8, 4) is 0 Å². The molecular weight excluding hydrogens is 323 g/mol. The number of nitrogens with zero attached hydrogens (tertiary/aromatic N) is 1. The van der Waals surface area contributed by atoms with Crippen LogP contribution in [0.2, 0.25) is 10.0 Å². The largest absolute Gasteiger partial charge is 0.480 e. The van der Waals surface area contributed by atoms with E-state index >= 15 is 0 Å². The van der Waals surface area contributed by atoms with Gasteiger partial charge < -0.3 is 15.3 Å². The second-order valence-corrected chi connectivity index (χ2v) is 6.09. The molecule has 1 atom stereocenters. The van der Waals surface area contributed by atoms with E-state index < -0.39 is 18.0 Å². The number of hydrogen-bond donors (Lipinski definition) is 2. The molecule has 8 heteroatoms. The molecule has 0 bridgehead atoms. The van der Waals surface area contributed by atoms with E-state index in [9.17, 15) is 9.59 Å². The molecular formula is C12H12Cl2N2O3S. The van der Waals surface area contributed by atoms with E-state index in [4.69, 9.17) is 28.3 Å². The van der Waals surface area contributed by atoms with E-state index in [1.54, 1.807) is 19.1 Å². The summed E-state index contributed by atoms with van der Waals surface area (Å²) in [5.41, 5.74) is 1.08. The zero-order chi connectivity index (χ0) is 14.9. The van der Waals surface area contributed by atoms with Crippen LogP contribution in [0.25, 0.3) is 0 Å². The Labute approximate surface area is 130 Å². The summed E-state index contributed by atoms with van der Waals surface area (Å²) in [4.78, 5) is 24.5. The van der Waals surface area contributed by atoms with Crippen molar-refractivity contribution in [1.82, 2.24) is 4.90 Å². The van der Waals surface area contributed by atoms with Gasteiger partial charge in [0.15, 0.2) is 0 Å². The second kappa shape index (κ2) is 6.11. The van der Waals surface area contributed by atoms with Crippen LogP contribution in [0.4, 0.5) is 10.5 Å². The smallest absolute Gasteiger partial charge is 0.327 e. The highest BCUT2D eigenvalue weighted by molar-refractivity contribution is 7.99. The average molecular weight is 335 g/mol. The van der Waals surface area contributed by atoms with Gasteiger partial charge in [0.05, 0.1) is 21.6 Å². The number of amides is 2. The normalized spacial score (nSPS) is 18.1. The lowest BCUT2D eigenvalue weighted by Gasteiger charge is -2.22. The number of urea groups is 1. The predicted octanol–water partition coefficient (Wildman–Crippen LogP) is 3.29. The first-order valence-corrected chi connectivity index (χ1v) is 7.65. The Morgan fingerprint density at radius 2 is 2.15 bits per heavy atom. The van der Waals surface area contributed by atoms with E-state index in [1.807, 2.05) is 0 Å². The lowest BCUT2D eigenvalue weighted by Crippen LogP contribution is -2.44. The number of nitrogens with one attached hydrogen (secondary N) is 1. The van der Waals surface area contributed by atoms with E-state index in [0.717, 1.165) is 5.56 Å². The fraction of sp³-hybridized carbons (Fsp3) is 0.333. The van der Waals surface area contributed by atoms with Gasteiger partial charge in [-0.1, -0.05) is 29.3 Å². The third-order valence-corrected chi connectivity index (χ3v) is 4.76. The van der Waals surface area contributed by atoms with Crippen molar-refractivity contribution in [2.45, 2.75) is 13.0 Å². The maximum Gasteiger partial charge on any atom is 0.327 e. The van der Waals surface area contributed by atoms with Crippen molar-refractivity contribution in [2.24, 2.45) is 0 Å². The second-order valence-electron chi connectivity index (χ2n) is 4.31. The van der Waals surface area contributed by atoms with Crippen LogP contribution >= 0.6 is 35.0 Å². The lowest BCUT2D eigenvalue weighted by molar-refractivity contribution is -0.140. The van der Waals surface area contributed by atoms with E-state index in [2.05, 4.69) is 5.32 Å². The van der Waals surface area contributed by atoms with Crippen molar-refractivity contribution in [3.63, 3.8) is 0 Å². The van der Waals surface area contributed by atoms with Crippen molar-refractivity contribution < 1.29 is 14.7 Å². The van der Waals surface area contributed by atoms with Gasteiger partial charge in [-0.2, -0.15) is 0 Å². The molecule has 1 aliphatic rings. The molecule has 108 valence electrons. The molecule has 0 saturated carbocycles. The molecule has 2 N–H and O–H groups in total. The van der Waals surface area contributed by atoms with Gasteiger partial charge >= 0.3 is 12.0 Å². The summed E-state index contributed by atoms with van der Waals surface area (Å²) in [7, 11) is 0. The Balaban J connectivity index is 2.20. The molecule has 2 rings (SSSR count). The summed E-state index contributed by atoms with van der Waals surface area (Å²) in [5, 5.41) is 12.3. The number of anilines is 1. The van der Waals surface area contributed by atoms with Gasteiger partial charge in [-0.05, 0) is 18.6 Å². The number of carboxylic acid groups (broad SMARTS) is 1. The fourth-order valence-corrected chi connectivity index (χ4v) is 3.41. The van der Waals surface area contributed by atoms with Gasteiger partial charge in [-0.3, -0.25) is 0 Å². The van der Waals surface area contributed by atoms with E-state index in [-0.39, 0.29) is 0 Å². The minimum absolute atomic E-state index is 0.305. The molecule has 1 fully saturated rings. The van der Waals surface area contributed by atoms with Crippen molar-refractivity contribution >= 4 is 52.7 Å². The van der Waals surface area contributed by atoms with Gasteiger partial charge in [0.2, 0.25) is 0 Å². The summed E-state index contributed by atoms with van der Waals surface area (Å²) in [6.07, 6.45) is 0. The van der Waals surface area contributed by atoms with Crippen LogP contribution in [-0.4, -0.2) is 39.7 Å². The van der Waals surface area contributed by atoms with Crippen LogP contribution < -0.4 is 5.32 Å². The number of carbonyl (C=O) groups excluding carboxylic acids is 1. The SMILES string of the molecule is Cc1ccc(Cl)c(NC(=O)N2CSC[C@H]2C(=O)O)c1Cl. The van der Waals surface area contributed by atoms with Gasteiger partial charge in [0.25, 0.3) is 0 Å². The highest BCUT2D eigenvalue weighted by Crippen LogP contribution is 2.33. The molecule has 20 heavy (non-hydrogen) atoms. The molecule has 0 spiro atoms. The molecule has 1 heterocycles. The van der Waals surface area contributed by atoms with Crippen molar-refractivity contribution in [3.05, 3.63) is 27.7 Å². The molecule has 5 nitrogen and oxygen atoms in total. The van der Waals surface area contributed by atoms with E-state index in [0.29, 0.717) is 27.4 Å². The Morgan fingerprint density at radius 1 is 1.45 bits per heavy atom. The van der Waals surface area contributed by atoms with Gasteiger partial charge in [0.1, 0.15) is 6.04 Å². The highest BCUT2D eigenvalue weighted by atomic mass is 35.5. The first-order chi connectivity index (χ1) is 9.41. The standard InChI is InChI=1S/C12H12Cl2N2O3S/c1-6-2-3-7(13)10(9(6)14)15-12(19)16-5-20-4-8(16)11(17)18/h2-3,8H,4-5H2,1H3,(H,15,19)(H,17,18)/t8-/m0/s1. The predicted molar refractivity (Wildman–Crippen MR) is 80.8 cm³/mol. The molecule has 0 aliphatic carbocycles. The van der Waals surface area contributed by atoms with Crippen LogP contribution in [0.15, 0.2) is 12.1 Å². The number of aryl methyl sites for hydroxylation is 1. The van der Waals surface area contributed by atoms with Crippen LogP contribution in [0, 0.1) is 6.92 Å². The quantitative estimate of drug-likeness (QED) is 0.870. The summed E-state index contributed by atoms with van der Waals surface area (Å²) >= 11 is 13.5. The third kappa shape index (κ3) is 2.97. The molecule has 0 aromatic heterocycles. The number of rotatable bonds is 2. The number of carbonyl (C=O) groups is 2. The zero-order valence-electron chi connectivity index (χ0n) is 10.5. The minimum atomic E-state index is -1.02. The first kappa shape index (κ1) is 15.3. The maximum atomic E-state index is 12.2. The molecule has 1 saturated heterocycles.